The zero-order chi connectivity index (χ0) is 11.8. The Bertz CT molecular complexity index is 396. The van der Waals surface area contributed by atoms with Crippen LogP contribution in [0.5, 0.6) is 0 Å². The summed E-state index contributed by atoms with van der Waals surface area (Å²) in [6, 6.07) is 0. The third-order valence-electron chi connectivity index (χ3n) is 3.26. The van der Waals surface area contributed by atoms with E-state index < -0.39 is 5.54 Å². The van der Waals surface area contributed by atoms with Gasteiger partial charge in [-0.1, -0.05) is 6.92 Å². The molecule has 0 aromatic carbocycles. The van der Waals surface area contributed by atoms with Gasteiger partial charge in [0.15, 0.2) is 0 Å². The van der Waals surface area contributed by atoms with Gasteiger partial charge in [0.05, 0.1) is 12.1 Å². The highest BCUT2D eigenvalue weighted by molar-refractivity contribution is 5.85. The quantitative estimate of drug-likeness (QED) is 0.785. The SMILES string of the molecule is CCC(C)(N)C(=O)N1CCn2ccnc2C1. The van der Waals surface area contributed by atoms with Crippen molar-refractivity contribution in [1.82, 2.24) is 14.5 Å². The van der Waals surface area contributed by atoms with Gasteiger partial charge in [0.2, 0.25) is 5.91 Å². The first kappa shape index (κ1) is 11.1. The lowest BCUT2D eigenvalue weighted by Gasteiger charge is -2.33. The topological polar surface area (TPSA) is 64.2 Å². The maximum Gasteiger partial charge on any atom is 0.242 e. The largest absolute Gasteiger partial charge is 0.332 e. The molecule has 1 amide bonds. The van der Waals surface area contributed by atoms with Crippen molar-refractivity contribution in [3.05, 3.63) is 18.2 Å². The minimum atomic E-state index is -0.755. The number of imidazole rings is 1. The smallest absolute Gasteiger partial charge is 0.242 e. The number of hydrogen-bond acceptors (Lipinski definition) is 3. The maximum atomic E-state index is 12.1. The second-order valence-electron chi connectivity index (χ2n) is 4.53. The molecule has 1 aliphatic rings. The standard InChI is InChI=1S/C11H18N4O/c1-3-11(2,12)10(16)15-7-6-14-5-4-13-9(14)8-15/h4-5H,3,6-8,12H2,1-2H3. The molecule has 0 fully saturated rings. The Morgan fingerprint density at radius 2 is 2.38 bits per heavy atom. The zero-order valence-electron chi connectivity index (χ0n) is 9.81. The lowest BCUT2D eigenvalue weighted by atomic mass is 9.98. The predicted octanol–water partition coefficient (Wildman–Crippen LogP) is 0.353. The van der Waals surface area contributed by atoms with E-state index in [0.717, 1.165) is 18.9 Å². The van der Waals surface area contributed by atoms with Crippen molar-refractivity contribution in [2.24, 2.45) is 5.73 Å². The molecule has 2 heterocycles. The van der Waals surface area contributed by atoms with Crippen LogP contribution in [0, 0.1) is 0 Å². The van der Waals surface area contributed by atoms with Crippen molar-refractivity contribution in [3.8, 4) is 0 Å². The van der Waals surface area contributed by atoms with Crippen LogP contribution in [-0.2, 0) is 17.9 Å². The van der Waals surface area contributed by atoms with Crippen molar-refractivity contribution in [2.75, 3.05) is 6.54 Å². The molecule has 1 atom stereocenters. The van der Waals surface area contributed by atoms with E-state index in [9.17, 15) is 4.79 Å². The van der Waals surface area contributed by atoms with Gasteiger partial charge in [-0.3, -0.25) is 4.79 Å². The van der Waals surface area contributed by atoms with Crippen molar-refractivity contribution >= 4 is 5.91 Å². The number of carbonyl (C=O) groups is 1. The van der Waals surface area contributed by atoms with Crippen LogP contribution in [0.1, 0.15) is 26.1 Å². The summed E-state index contributed by atoms with van der Waals surface area (Å²) in [5.74, 6) is 0.954. The number of rotatable bonds is 2. The summed E-state index contributed by atoms with van der Waals surface area (Å²) in [5, 5.41) is 0. The molecule has 1 aliphatic heterocycles. The molecule has 88 valence electrons. The van der Waals surface area contributed by atoms with Gasteiger partial charge in [0.1, 0.15) is 5.82 Å². The van der Waals surface area contributed by atoms with E-state index in [2.05, 4.69) is 9.55 Å². The average Bonchev–Trinajstić information content (AvgIpc) is 2.74. The second-order valence-corrected chi connectivity index (χ2v) is 4.53. The van der Waals surface area contributed by atoms with Gasteiger partial charge < -0.3 is 15.2 Å². The summed E-state index contributed by atoms with van der Waals surface area (Å²) >= 11 is 0. The maximum absolute atomic E-state index is 12.1. The van der Waals surface area contributed by atoms with E-state index in [1.54, 1.807) is 18.0 Å². The fourth-order valence-corrected chi connectivity index (χ4v) is 1.86. The molecule has 0 spiro atoms. The third-order valence-corrected chi connectivity index (χ3v) is 3.26. The number of nitrogens with two attached hydrogens (primary N) is 1. The first-order chi connectivity index (χ1) is 7.54. The molecule has 16 heavy (non-hydrogen) atoms. The molecule has 1 unspecified atom stereocenters. The van der Waals surface area contributed by atoms with Crippen LogP contribution >= 0.6 is 0 Å². The van der Waals surface area contributed by atoms with Gasteiger partial charge >= 0.3 is 0 Å². The molecule has 0 saturated heterocycles. The Morgan fingerprint density at radius 3 is 3.06 bits per heavy atom. The summed E-state index contributed by atoms with van der Waals surface area (Å²) in [6.45, 7) is 5.81. The Balaban J connectivity index is 2.12. The predicted molar refractivity (Wildman–Crippen MR) is 60.5 cm³/mol. The fourth-order valence-electron chi connectivity index (χ4n) is 1.86. The number of carbonyl (C=O) groups excluding carboxylic acids is 1. The monoisotopic (exact) mass is 222 g/mol. The van der Waals surface area contributed by atoms with E-state index >= 15 is 0 Å². The van der Waals surface area contributed by atoms with Crippen LogP contribution < -0.4 is 5.73 Å². The zero-order valence-corrected chi connectivity index (χ0v) is 9.81. The Hall–Kier alpha value is -1.36. The number of amides is 1. The Morgan fingerprint density at radius 1 is 1.62 bits per heavy atom. The van der Waals surface area contributed by atoms with E-state index in [0.29, 0.717) is 13.0 Å². The van der Waals surface area contributed by atoms with E-state index in [-0.39, 0.29) is 5.91 Å². The van der Waals surface area contributed by atoms with E-state index in [1.165, 1.54) is 0 Å². The van der Waals surface area contributed by atoms with Crippen LogP contribution in [0.25, 0.3) is 0 Å². The summed E-state index contributed by atoms with van der Waals surface area (Å²) in [6.07, 6.45) is 4.36. The molecular weight excluding hydrogens is 204 g/mol. The molecule has 5 heteroatoms. The highest BCUT2D eigenvalue weighted by Crippen LogP contribution is 2.16. The minimum absolute atomic E-state index is 0.0178. The molecule has 1 aromatic heterocycles. The summed E-state index contributed by atoms with van der Waals surface area (Å²) in [4.78, 5) is 18.2. The summed E-state index contributed by atoms with van der Waals surface area (Å²) in [5.41, 5.74) is 5.21. The van der Waals surface area contributed by atoms with Gasteiger partial charge in [-0.25, -0.2) is 4.98 Å². The summed E-state index contributed by atoms with van der Waals surface area (Å²) < 4.78 is 2.07. The molecule has 0 bridgehead atoms. The third kappa shape index (κ3) is 1.82. The molecule has 2 N–H and O–H groups in total. The molecule has 5 nitrogen and oxygen atoms in total. The number of nitrogens with zero attached hydrogens (tertiary/aromatic N) is 3. The number of hydrogen-bond donors (Lipinski definition) is 1. The number of aromatic nitrogens is 2. The van der Waals surface area contributed by atoms with Crippen LogP contribution in [-0.4, -0.2) is 32.4 Å². The van der Waals surface area contributed by atoms with E-state index in [1.807, 2.05) is 13.1 Å². The summed E-state index contributed by atoms with van der Waals surface area (Å²) in [7, 11) is 0. The molecular formula is C11H18N4O. The highest BCUT2D eigenvalue weighted by atomic mass is 16.2. The average molecular weight is 222 g/mol. The first-order valence-electron chi connectivity index (χ1n) is 5.63. The Kier molecular flexibility index (Phi) is 2.71. The van der Waals surface area contributed by atoms with Crippen LogP contribution in [0.2, 0.25) is 0 Å². The van der Waals surface area contributed by atoms with Crippen LogP contribution in [0.15, 0.2) is 12.4 Å². The molecule has 2 rings (SSSR count). The first-order valence-corrected chi connectivity index (χ1v) is 5.63. The van der Waals surface area contributed by atoms with Gasteiger partial charge in [-0.2, -0.15) is 0 Å². The van der Waals surface area contributed by atoms with Crippen molar-refractivity contribution < 1.29 is 4.79 Å². The van der Waals surface area contributed by atoms with Crippen LogP contribution in [0.4, 0.5) is 0 Å². The normalized spacial score (nSPS) is 19.1. The van der Waals surface area contributed by atoms with E-state index in [4.69, 9.17) is 5.73 Å². The van der Waals surface area contributed by atoms with Crippen molar-refractivity contribution in [3.63, 3.8) is 0 Å². The van der Waals surface area contributed by atoms with Gasteiger partial charge in [0, 0.05) is 25.5 Å². The van der Waals surface area contributed by atoms with Crippen molar-refractivity contribution in [2.45, 2.75) is 38.9 Å². The molecule has 0 saturated carbocycles. The lowest BCUT2D eigenvalue weighted by molar-refractivity contribution is -0.138. The lowest BCUT2D eigenvalue weighted by Crippen LogP contribution is -2.54. The molecule has 0 aliphatic carbocycles. The van der Waals surface area contributed by atoms with Gasteiger partial charge in [0.25, 0.3) is 0 Å². The van der Waals surface area contributed by atoms with Crippen molar-refractivity contribution in [1.29, 1.82) is 0 Å². The highest BCUT2D eigenvalue weighted by Gasteiger charge is 2.32. The molecule has 1 aromatic rings. The molecule has 0 radical (unpaired) electrons. The van der Waals surface area contributed by atoms with Gasteiger partial charge in [-0.05, 0) is 13.3 Å². The van der Waals surface area contributed by atoms with Gasteiger partial charge in [-0.15, -0.1) is 0 Å². The Labute approximate surface area is 95.2 Å². The minimum Gasteiger partial charge on any atom is -0.332 e. The second kappa shape index (κ2) is 3.90. The number of fused-ring (bicyclic) bond motifs is 1. The fraction of sp³-hybridized carbons (Fsp3) is 0.636. The van der Waals surface area contributed by atoms with Crippen LogP contribution in [0.3, 0.4) is 0 Å².